The maximum atomic E-state index is 10.7. The normalized spacial score (nSPS) is 12.8. The van der Waals surface area contributed by atoms with E-state index in [9.17, 15) is 13.2 Å². The van der Waals surface area contributed by atoms with Crippen LogP contribution in [0.25, 0.3) is 0 Å². The lowest BCUT2D eigenvalue weighted by atomic mass is 9.88. The molecule has 78 valence electrons. The van der Waals surface area contributed by atoms with Gasteiger partial charge in [-0.05, 0) is 26.7 Å². The Morgan fingerprint density at radius 1 is 1.38 bits per heavy atom. The molecule has 0 radical (unpaired) electrons. The molecule has 13 heavy (non-hydrogen) atoms. The number of carboxylic acids is 1. The van der Waals surface area contributed by atoms with Crippen molar-refractivity contribution in [2.75, 3.05) is 12.0 Å². The summed E-state index contributed by atoms with van der Waals surface area (Å²) in [5.41, 5.74) is -0.829. The Bertz CT molecular complexity index is 277. The minimum absolute atomic E-state index is 0.0592. The van der Waals surface area contributed by atoms with Gasteiger partial charge < -0.3 is 5.11 Å². The smallest absolute Gasteiger partial charge is 0.309 e. The van der Waals surface area contributed by atoms with Crippen LogP contribution in [0.1, 0.15) is 26.7 Å². The highest BCUT2D eigenvalue weighted by molar-refractivity contribution is 7.90. The number of hydrogen-bond acceptors (Lipinski definition) is 3. The van der Waals surface area contributed by atoms with Gasteiger partial charge in [0.25, 0.3) is 0 Å². The lowest BCUT2D eigenvalue weighted by Crippen LogP contribution is -2.24. The maximum Gasteiger partial charge on any atom is 0.309 e. The third-order valence-corrected chi connectivity index (χ3v) is 2.93. The predicted molar refractivity (Wildman–Crippen MR) is 50.4 cm³/mol. The monoisotopic (exact) mass is 208 g/mol. The molecule has 1 N–H and O–H groups in total. The average molecular weight is 208 g/mol. The topological polar surface area (TPSA) is 71.4 Å². The summed E-state index contributed by atoms with van der Waals surface area (Å²) in [7, 11) is -2.97. The van der Waals surface area contributed by atoms with E-state index in [-0.39, 0.29) is 5.75 Å². The van der Waals surface area contributed by atoms with E-state index in [4.69, 9.17) is 5.11 Å². The van der Waals surface area contributed by atoms with Crippen LogP contribution in [0.5, 0.6) is 0 Å². The van der Waals surface area contributed by atoms with Gasteiger partial charge >= 0.3 is 5.97 Å². The summed E-state index contributed by atoms with van der Waals surface area (Å²) in [6.07, 6.45) is 1.94. The summed E-state index contributed by atoms with van der Waals surface area (Å²) >= 11 is 0. The molecule has 0 aromatic heterocycles. The van der Waals surface area contributed by atoms with Crippen molar-refractivity contribution in [3.8, 4) is 0 Å². The van der Waals surface area contributed by atoms with E-state index in [1.54, 1.807) is 13.8 Å². The Hall–Kier alpha value is -0.580. The Labute approximate surface area is 78.9 Å². The van der Waals surface area contributed by atoms with Crippen molar-refractivity contribution in [2.24, 2.45) is 5.41 Å². The molecule has 0 aliphatic heterocycles. The van der Waals surface area contributed by atoms with E-state index in [0.717, 1.165) is 6.26 Å². The summed E-state index contributed by atoms with van der Waals surface area (Å²) in [6, 6.07) is 0. The van der Waals surface area contributed by atoms with Crippen molar-refractivity contribution in [2.45, 2.75) is 26.7 Å². The van der Waals surface area contributed by atoms with Gasteiger partial charge in [0.05, 0.1) is 5.41 Å². The van der Waals surface area contributed by atoms with Gasteiger partial charge in [0, 0.05) is 12.0 Å². The first kappa shape index (κ1) is 12.4. The van der Waals surface area contributed by atoms with Crippen LogP contribution in [0.3, 0.4) is 0 Å². The number of hydrogen-bond donors (Lipinski definition) is 1. The fraction of sp³-hybridized carbons (Fsp3) is 0.875. The molecule has 0 aliphatic rings. The van der Waals surface area contributed by atoms with Crippen molar-refractivity contribution >= 4 is 15.8 Å². The third kappa shape index (κ3) is 5.63. The molecule has 0 aromatic rings. The Kier molecular flexibility index (Phi) is 3.90. The van der Waals surface area contributed by atoms with Gasteiger partial charge in [0.2, 0.25) is 0 Å². The molecule has 0 spiro atoms. The molecule has 0 fully saturated rings. The highest BCUT2D eigenvalue weighted by Gasteiger charge is 2.26. The van der Waals surface area contributed by atoms with Crippen LogP contribution in [-0.2, 0) is 14.6 Å². The fourth-order valence-electron chi connectivity index (χ4n) is 0.883. The summed E-state index contributed by atoms with van der Waals surface area (Å²) in [4.78, 5) is 10.6. The quantitative estimate of drug-likeness (QED) is 0.729. The number of carboxylic acid groups (broad SMARTS) is 1. The Balaban J connectivity index is 3.98. The number of carbonyl (C=O) groups is 1. The molecule has 0 heterocycles. The number of aliphatic carboxylic acids is 1. The largest absolute Gasteiger partial charge is 0.481 e. The predicted octanol–water partition coefficient (Wildman–Crippen LogP) is 0.922. The molecule has 0 atom stereocenters. The molecule has 0 aromatic carbocycles. The van der Waals surface area contributed by atoms with Gasteiger partial charge in [-0.15, -0.1) is 0 Å². The van der Waals surface area contributed by atoms with Crippen LogP contribution < -0.4 is 0 Å². The maximum absolute atomic E-state index is 10.7. The van der Waals surface area contributed by atoms with Crippen molar-refractivity contribution in [1.82, 2.24) is 0 Å². The first-order valence-electron chi connectivity index (χ1n) is 4.06. The van der Waals surface area contributed by atoms with Gasteiger partial charge in [0.15, 0.2) is 0 Å². The zero-order valence-corrected chi connectivity index (χ0v) is 9.02. The molecular weight excluding hydrogens is 192 g/mol. The van der Waals surface area contributed by atoms with E-state index >= 15 is 0 Å². The van der Waals surface area contributed by atoms with Gasteiger partial charge in [-0.3, -0.25) is 4.79 Å². The van der Waals surface area contributed by atoms with Crippen molar-refractivity contribution in [1.29, 1.82) is 0 Å². The lowest BCUT2D eigenvalue weighted by Gasteiger charge is -2.17. The van der Waals surface area contributed by atoms with Crippen LogP contribution in [-0.4, -0.2) is 31.5 Å². The molecule has 4 nitrogen and oxygen atoms in total. The molecule has 5 heteroatoms. The molecular formula is C8H16O4S. The van der Waals surface area contributed by atoms with Crippen LogP contribution in [0.2, 0.25) is 0 Å². The fourth-order valence-corrected chi connectivity index (χ4v) is 1.55. The molecule has 0 saturated carbocycles. The minimum Gasteiger partial charge on any atom is -0.481 e. The van der Waals surface area contributed by atoms with E-state index in [1.165, 1.54) is 0 Å². The SMILES string of the molecule is CC(C)(CCCS(C)(=O)=O)C(=O)O. The van der Waals surface area contributed by atoms with Gasteiger partial charge in [0.1, 0.15) is 9.84 Å². The van der Waals surface area contributed by atoms with E-state index in [0.29, 0.717) is 12.8 Å². The average Bonchev–Trinajstić information content (AvgIpc) is 1.82. The molecule has 0 saturated heterocycles. The Morgan fingerprint density at radius 3 is 2.15 bits per heavy atom. The van der Waals surface area contributed by atoms with Crippen LogP contribution >= 0.6 is 0 Å². The molecule has 0 amide bonds. The number of sulfone groups is 1. The zero-order valence-electron chi connectivity index (χ0n) is 8.20. The van der Waals surface area contributed by atoms with Crippen molar-refractivity contribution in [3.05, 3.63) is 0 Å². The summed E-state index contributed by atoms with van der Waals surface area (Å²) < 4.78 is 21.5. The van der Waals surface area contributed by atoms with Gasteiger partial charge in [-0.1, -0.05) is 0 Å². The highest BCUT2D eigenvalue weighted by Crippen LogP contribution is 2.22. The third-order valence-electron chi connectivity index (χ3n) is 1.90. The second kappa shape index (κ2) is 4.09. The van der Waals surface area contributed by atoms with Gasteiger partial charge in [-0.25, -0.2) is 8.42 Å². The summed E-state index contributed by atoms with van der Waals surface area (Å²) in [5.74, 6) is -0.829. The second-order valence-corrected chi connectivity index (χ2v) is 6.18. The highest BCUT2D eigenvalue weighted by atomic mass is 32.2. The molecule has 0 aliphatic carbocycles. The van der Waals surface area contributed by atoms with Crippen molar-refractivity contribution in [3.63, 3.8) is 0 Å². The summed E-state index contributed by atoms with van der Waals surface area (Å²) in [5, 5.41) is 8.72. The van der Waals surface area contributed by atoms with E-state index < -0.39 is 21.2 Å². The van der Waals surface area contributed by atoms with E-state index in [2.05, 4.69) is 0 Å². The summed E-state index contributed by atoms with van der Waals surface area (Å²) in [6.45, 7) is 3.19. The first-order chi connectivity index (χ1) is 5.65. The first-order valence-corrected chi connectivity index (χ1v) is 6.12. The standard InChI is InChI=1S/C8H16O4S/c1-8(2,7(9)10)5-4-6-13(3,11)12/h4-6H2,1-3H3,(H,9,10). The zero-order chi connectivity index (χ0) is 10.7. The lowest BCUT2D eigenvalue weighted by molar-refractivity contribution is -0.147. The minimum atomic E-state index is -2.97. The molecule has 0 rings (SSSR count). The molecule has 0 unspecified atom stereocenters. The van der Waals surface area contributed by atoms with Crippen LogP contribution in [0, 0.1) is 5.41 Å². The van der Waals surface area contributed by atoms with Crippen LogP contribution in [0.15, 0.2) is 0 Å². The van der Waals surface area contributed by atoms with Crippen molar-refractivity contribution < 1.29 is 18.3 Å². The van der Waals surface area contributed by atoms with E-state index in [1.807, 2.05) is 0 Å². The second-order valence-electron chi connectivity index (χ2n) is 3.92. The van der Waals surface area contributed by atoms with Gasteiger partial charge in [-0.2, -0.15) is 0 Å². The number of rotatable bonds is 5. The molecule has 0 bridgehead atoms. The van der Waals surface area contributed by atoms with Crippen LogP contribution in [0.4, 0.5) is 0 Å². The Morgan fingerprint density at radius 2 is 1.85 bits per heavy atom.